The van der Waals surface area contributed by atoms with Crippen molar-refractivity contribution in [1.29, 1.82) is 0 Å². The molecule has 1 aliphatic carbocycles. The average molecular weight is 241 g/mol. The Labute approximate surface area is 103 Å². The molecule has 2 fully saturated rings. The molecule has 1 saturated heterocycles. The molecule has 94 valence electrons. The van der Waals surface area contributed by atoms with E-state index in [1.807, 2.05) is 0 Å². The van der Waals surface area contributed by atoms with E-state index < -0.39 is 0 Å². The SMILES string of the molecule is CC1CCCP(C)CC2(C)CC2N(C)CC1. The fraction of sp³-hybridized carbons (Fsp3) is 1.00. The first-order chi connectivity index (χ1) is 7.51. The predicted octanol–water partition coefficient (Wildman–Crippen LogP) is 3.63. The molecule has 1 heterocycles. The number of rotatable bonds is 0. The Morgan fingerprint density at radius 2 is 2.06 bits per heavy atom. The van der Waals surface area contributed by atoms with E-state index in [-0.39, 0.29) is 0 Å². The van der Waals surface area contributed by atoms with Gasteiger partial charge in [-0.15, -0.1) is 7.92 Å². The lowest BCUT2D eigenvalue weighted by atomic mass is 10.0. The standard InChI is InChI=1S/C14H28NP/c1-12-6-5-9-16(4)11-14(2)10-13(14)15(3)8-7-12/h12-13H,5-11H2,1-4H3. The van der Waals surface area contributed by atoms with Gasteiger partial charge in [0.1, 0.15) is 0 Å². The Hall–Kier alpha value is 0.390. The van der Waals surface area contributed by atoms with E-state index in [0.717, 1.165) is 12.0 Å². The van der Waals surface area contributed by atoms with Crippen molar-refractivity contribution in [1.82, 2.24) is 4.90 Å². The molecule has 1 nitrogen and oxygen atoms in total. The first-order valence-corrected chi connectivity index (χ1v) is 9.06. The average Bonchev–Trinajstić information content (AvgIpc) is 2.85. The van der Waals surface area contributed by atoms with Crippen LogP contribution >= 0.6 is 7.92 Å². The first-order valence-electron chi connectivity index (χ1n) is 6.90. The zero-order chi connectivity index (χ0) is 11.8. The maximum atomic E-state index is 2.64. The molecule has 4 atom stereocenters. The van der Waals surface area contributed by atoms with Gasteiger partial charge in [0.25, 0.3) is 0 Å². The summed E-state index contributed by atoms with van der Waals surface area (Å²) in [6.07, 6.45) is 8.85. The summed E-state index contributed by atoms with van der Waals surface area (Å²) >= 11 is 0. The summed E-state index contributed by atoms with van der Waals surface area (Å²) < 4.78 is 0. The molecular weight excluding hydrogens is 213 g/mol. The number of hydrogen-bond acceptors (Lipinski definition) is 1. The topological polar surface area (TPSA) is 3.24 Å². The molecule has 0 N–H and O–H groups in total. The summed E-state index contributed by atoms with van der Waals surface area (Å²) in [4.78, 5) is 2.64. The Kier molecular flexibility index (Phi) is 3.97. The molecule has 16 heavy (non-hydrogen) atoms. The third-order valence-electron chi connectivity index (χ3n) is 4.68. The molecule has 0 aromatic rings. The number of nitrogens with zero attached hydrogens (tertiary/aromatic N) is 1. The molecule has 1 saturated carbocycles. The van der Waals surface area contributed by atoms with E-state index in [1.165, 1.54) is 44.6 Å². The van der Waals surface area contributed by atoms with Crippen molar-refractivity contribution in [3.05, 3.63) is 0 Å². The van der Waals surface area contributed by atoms with Crippen molar-refractivity contribution >= 4 is 7.92 Å². The van der Waals surface area contributed by atoms with Crippen molar-refractivity contribution < 1.29 is 0 Å². The van der Waals surface area contributed by atoms with Gasteiger partial charge in [-0.3, -0.25) is 0 Å². The molecular formula is C14H28NP. The van der Waals surface area contributed by atoms with Gasteiger partial charge in [0.05, 0.1) is 0 Å². The van der Waals surface area contributed by atoms with Gasteiger partial charge in [0, 0.05) is 6.04 Å². The van der Waals surface area contributed by atoms with Gasteiger partial charge in [-0.05, 0) is 63.2 Å². The molecule has 2 rings (SSSR count). The Morgan fingerprint density at radius 3 is 2.81 bits per heavy atom. The van der Waals surface area contributed by atoms with E-state index in [1.54, 1.807) is 0 Å². The second-order valence-corrected chi connectivity index (χ2v) is 9.10. The predicted molar refractivity (Wildman–Crippen MR) is 74.7 cm³/mol. The highest BCUT2D eigenvalue weighted by molar-refractivity contribution is 7.56. The van der Waals surface area contributed by atoms with E-state index in [9.17, 15) is 0 Å². The molecule has 0 aromatic carbocycles. The summed E-state index contributed by atoms with van der Waals surface area (Å²) in [5.74, 6) is 0.939. The van der Waals surface area contributed by atoms with Crippen LogP contribution in [0.3, 0.4) is 0 Å². The van der Waals surface area contributed by atoms with Gasteiger partial charge in [0.2, 0.25) is 0 Å². The lowest BCUT2D eigenvalue weighted by molar-refractivity contribution is 0.266. The van der Waals surface area contributed by atoms with Gasteiger partial charge < -0.3 is 4.90 Å². The van der Waals surface area contributed by atoms with Crippen LogP contribution in [0.15, 0.2) is 0 Å². The normalized spacial score (nSPS) is 46.9. The molecule has 0 spiro atoms. The highest BCUT2D eigenvalue weighted by atomic mass is 31.1. The van der Waals surface area contributed by atoms with Gasteiger partial charge in [-0.2, -0.15) is 0 Å². The molecule has 2 aliphatic rings. The molecule has 4 unspecified atom stereocenters. The monoisotopic (exact) mass is 241 g/mol. The maximum absolute atomic E-state index is 2.64. The Balaban J connectivity index is 1.96. The van der Waals surface area contributed by atoms with Gasteiger partial charge in [-0.25, -0.2) is 0 Å². The van der Waals surface area contributed by atoms with Crippen molar-refractivity contribution in [2.45, 2.75) is 45.6 Å². The summed E-state index contributed by atoms with van der Waals surface area (Å²) in [5, 5.41) is 0. The number of fused-ring (bicyclic) bond motifs is 1. The summed E-state index contributed by atoms with van der Waals surface area (Å²) in [7, 11) is 2.66. The van der Waals surface area contributed by atoms with Crippen molar-refractivity contribution in [3.8, 4) is 0 Å². The second kappa shape index (κ2) is 4.94. The van der Waals surface area contributed by atoms with Crippen molar-refractivity contribution in [2.75, 3.05) is 32.6 Å². The summed E-state index contributed by atoms with van der Waals surface area (Å²) in [5.41, 5.74) is 0.683. The van der Waals surface area contributed by atoms with Crippen molar-refractivity contribution in [3.63, 3.8) is 0 Å². The lowest BCUT2D eigenvalue weighted by Crippen LogP contribution is -2.27. The van der Waals surface area contributed by atoms with Crippen molar-refractivity contribution in [2.24, 2.45) is 11.3 Å². The molecule has 2 heteroatoms. The largest absolute Gasteiger partial charge is 0.303 e. The summed E-state index contributed by atoms with van der Waals surface area (Å²) in [6, 6.07) is 0.905. The lowest BCUT2D eigenvalue weighted by Gasteiger charge is -2.22. The van der Waals surface area contributed by atoms with Gasteiger partial charge >= 0.3 is 0 Å². The van der Waals surface area contributed by atoms with Crippen LogP contribution in [0.1, 0.15) is 39.5 Å². The van der Waals surface area contributed by atoms with E-state index >= 15 is 0 Å². The summed E-state index contributed by atoms with van der Waals surface area (Å²) in [6.45, 7) is 8.81. The van der Waals surface area contributed by atoms with Crippen LogP contribution in [0.2, 0.25) is 0 Å². The van der Waals surface area contributed by atoms with Gasteiger partial charge in [0.15, 0.2) is 0 Å². The molecule has 1 aliphatic heterocycles. The zero-order valence-electron chi connectivity index (χ0n) is 11.5. The van der Waals surface area contributed by atoms with E-state index in [2.05, 4.69) is 32.5 Å². The van der Waals surface area contributed by atoms with Crippen LogP contribution < -0.4 is 0 Å². The van der Waals surface area contributed by atoms with E-state index in [0.29, 0.717) is 13.3 Å². The fourth-order valence-corrected chi connectivity index (χ4v) is 5.82. The number of hydrogen-bond donors (Lipinski definition) is 0. The third kappa shape index (κ3) is 2.99. The van der Waals surface area contributed by atoms with Crippen LogP contribution in [0.5, 0.6) is 0 Å². The smallest absolute Gasteiger partial charge is 0.0156 e. The maximum Gasteiger partial charge on any atom is 0.0156 e. The van der Waals surface area contributed by atoms with Gasteiger partial charge in [-0.1, -0.05) is 20.3 Å². The minimum Gasteiger partial charge on any atom is -0.303 e. The van der Waals surface area contributed by atoms with Crippen LogP contribution in [0.25, 0.3) is 0 Å². The minimum absolute atomic E-state index is 0.313. The van der Waals surface area contributed by atoms with Crippen LogP contribution in [-0.4, -0.2) is 43.5 Å². The Bertz CT molecular complexity index is 243. The van der Waals surface area contributed by atoms with Crippen LogP contribution in [0, 0.1) is 11.3 Å². The highest BCUT2D eigenvalue weighted by Crippen LogP contribution is 2.56. The quantitative estimate of drug-likeness (QED) is 0.585. The molecule has 0 bridgehead atoms. The van der Waals surface area contributed by atoms with E-state index in [4.69, 9.17) is 0 Å². The zero-order valence-corrected chi connectivity index (χ0v) is 12.4. The molecule has 0 radical (unpaired) electrons. The van der Waals surface area contributed by atoms with Crippen LogP contribution in [-0.2, 0) is 0 Å². The second-order valence-electron chi connectivity index (χ2n) is 6.63. The highest BCUT2D eigenvalue weighted by Gasteiger charge is 2.52. The Morgan fingerprint density at radius 1 is 1.31 bits per heavy atom. The molecule has 0 aromatic heterocycles. The molecule has 0 amide bonds. The minimum atomic E-state index is 0.313. The first kappa shape index (κ1) is 12.8. The van der Waals surface area contributed by atoms with Crippen LogP contribution in [0.4, 0.5) is 0 Å². The third-order valence-corrected chi connectivity index (χ3v) is 7.02. The fourth-order valence-electron chi connectivity index (χ4n) is 3.37.